The van der Waals surface area contributed by atoms with E-state index in [1.54, 1.807) is 18.2 Å². The van der Waals surface area contributed by atoms with E-state index in [0.717, 1.165) is 0 Å². The van der Waals surface area contributed by atoms with Crippen LogP contribution in [0.2, 0.25) is 0 Å². The fourth-order valence-corrected chi connectivity index (χ4v) is 0.415. The highest BCUT2D eigenvalue weighted by atomic mass is 19.1. The fraction of sp³-hybridized carbons (Fsp3) is 0.250. The smallest absolute Gasteiger partial charge is 0.123 e. The van der Waals surface area contributed by atoms with Gasteiger partial charge in [0.05, 0.1) is 0 Å². The minimum atomic E-state index is -0.178. The summed E-state index contributed by atoms with van der Waals surface area (Å²) in [6.45, 7) is 4.00. The summed E-state index contributed by atoms with van der Waals surface area (Å²) < 4.78 is 11.9. The molecule has 0 saturated carbocycles. The molecule has 0 nitrogen and oxygen atoms in total. The van der Waals surface area contributed by atoms with Gasteiger partial charge in [0.2, 0.25) is 0 Å². The summed E-state index contributed by atoms with van der Waals surface area (Å²) in [7, 11) is 0. The Hall–Kier alpha value is -0.850. The second-order valence-corrected chi connectivity index (χ2v) is 1.30. The van der Waals surface area contributed by atoms with E-state index in [0.29, 0.717) is 0 Å². The Labute approximate surface area is 55.3 Å². The van der Waals surface area contributed by atoms with Crippen molar-refractivity contribution in [1.82, 2.24) is 0 Å². The molecule has 1 rings (SSSR count). The number of rotatable bonds is 0. The Morgan fingerprint density at radius 2 is 1.44 bits per heavy atom. The van der Waals surface area contributed by atoms with Crippen LogP contribution in [0.25, 0.3) is 0 Å². The van der Waals surface area contributed by atoms with E-state index in [4.69, 9.17) is 0 Å². The first-order chi connectivity index (χ1) is 4.39. The molecule has 0 heterocycles. The maximum Gasteiger partial charge on any atom is 0.123 e. The summed E-state index contributed by atoms with van der Waals surface area (Å²) in [5.74, 6) is -0.178. The van der Waals surface area contributed by atoms with E-state index in [2.05, 4.69) is 0 Å². The summed E-state index contributed by atoms with van der Waals surface area (Å²) in [5.41, 5.74) is 0. The van der Waals surface area contributed by atoms with Gasteiger partial charge in [-0.15, -0.1) is 0 Å². The summed E-state index contributed by atoms with van der Waals surface area (Å²) in [4.78, 5) is 0. The van der Waals surface area contributed by atoms with Crippen LogP contribution in [0.5, 0.6) is 0 Å². The molecule has 0 atom stereocenters. The Bertz CT molecular complexity index is 134. The molecule has 1 heteroatoms. The summed E-state index contributed by atoms with van der Waals surface area (Å²) in [6, 6.07) is 7.94. The number of hydrogen-bond donors (Lipinski definition) is 0. The minimum absolute atomic E-state index is 0.178. The predicted octanol–water partition coefficient (Wildman–Crippen LogP) is 2.85. The molecular weight excluding hydrogens is 115 g/mol. The van der Waals surface area contributed by atoms with Crippen LogP contribution in [-0.2, 0) is 0 Å². The van der Waals surface area contributed by atoms with E-state index in [1.165, 1.54) is 12.1 Å². The van der Waals surface area contributed by atoms with E-state index in [1.807, 2.05) is 13.8 Å². The summed E-state index contributed by atoms with van der Waals surface area (Å²) >= 11 is 0. The third-order valence-electron chi connectivity index (χ3n) is 0.733. The van der Waals surface area contributed by atoms with E-state index >= 15 is 0 Å². The molecule has 0 aliphatic rings. The lowest BCUT2D eigenvalue weighted by molar-refractivity contribution is 0.628. The van der Waals surface area contributed by atoms with Crippen LogP contribution in [0.1, 0.15) is 13.8 Å². The highest BCUT2D eigenvalue weighted by Crippen LogP contribution is 1.91. The highest BCUT2D eigenvalue weighted by Gasteiger charge is 1.77. The molecule has 0 radical (unpaired) electrons. The molecule has 0 aromatic heterocycles. The van der Waals surface area contributed by atoms with Crippen molar-refractivity contribution in [2.24, 2.45) is 0 Å². The van der Waals surface area contributed by atoms with Gasteiger partial charge in [-0.25, -0.2) is 4.39 Å². The Balaban J connectivity index is 0.000000291. The third-order valence-corrected chi connectivity index (χ3v) is 0.733. The van der Waals surface area contributed by atoms with Gasteiger partial charge in [0.15, 0.2) is 0 Å². The maximum absolute atomic E-state index is 11.9. The largest absolute Gasteiger partial charge is 0.207 e. The quantitative estimate of drug-likeness (QED) is 0.501. The molecule has 1 aromatic carbocycles. The van der Waals surface area contributed by atoms with Crippen molar-refractivity contribution in [2.45, 2.75) is 13.8 Å². The number of halogens is 1. The van der Waals surface area contributed by atoms with Crippen molar-refractivity contribution in [2.75, 3.05) is 0 Å². The van der Waals surface area contributed by atoms with Crippen LogP contribution in [0.15, 0.2) is 30.3 Å². The first kappa shape index (κ1) is 8.15. The van der Waals surface area contributed by atoms with Crippen LogP contribution in [-0.4, -0.2) is 0 Å². The molecule has 0 unspecified atom stereocenters. The zero-order valence-corrected chi connectivity index (χ0v) is 5.76. The van der Waals surface area contributed by atoms with Crippen molar-refractivity contribution in [1.29, 1.82) is 0 Å². The molecule has 0 saturated heterocycles. The molecule has 0 amide bonds. The van der Waals surface area contributed by atoms with Crippen molar-refractivity contribution < 1.29 is 4.39 Å². The zero-order chi connectivity index (χ0) is 7.11. The average Bonchev–Trinajstić information content (AvgIpc) is 1.94. The van der Waals surface area contributed by atoms with Gasteiger partial charge in [0.1, 0.15) is 5.82 Å². The van der Waals surface area contributed by atoms with Crippen LogP contribution >= 0.6 is 0 Å². The van der Waals surface area contributed by atoms with E-state index < -0.39 is 0 Å². The summed E-state index contributed by atoms with van der Waals surface area (Å²) in [6.07, 6.45) is 0. The Morgan fingerprint density at radius 3 is 1.67 bits per heavy atom. The molecule has 0 N–H and O–H groups in total. The van der Waals surface area contributed by atoms with Crippen LogP contribution < -0.4 is 0 Å². The zero-order valence-electron chi connectivity index (χ0n) is 5.76. The molecular formula is C8H11F. The second kappa shape index (κ2) is 5.29. The van der Waals surface area contributed by atoms with Crippen molar-refractivity contribution >= 4 is 0 Å². The average molecular weight is 126 g/mol. The molecule has 0 bridgehead atoms. The Morgan fingerprint density at radius 1 is 1.00 bits per heavy atom. The standard InChI is InChI=1S/C6H5F.C2H6/c7-6-4-2-1-3-5-6;1-2/h1-5H;1-2H3. The topological polar surface area (TPSA) is 0 Å². The van der Waals surface area contributed by atoms with Crippen LogP contribution in [0.4, 0.5) is 4.39 Å². The Kier molecular flexibility index (Phi) is 4.79. The van der Waals surface area contributed by atoms with E-state index in [-0.39, 0.29) is 5.82 Å². The predicted molar refractivity (Wildman–Crippen MR) is 37.7 cm³/mol. The van der Waals surface area contributed by atoms with Crippen LogP contribution in [0.3, 0.4) is 0 Å². The molecule has 0 spiro atoms. The lowest BCUT2D eigenvalue weighted by atomic mass is 10.4. The molecule has 0 aliphatic heterocycles. The number of benzene rings is 1. The van der Waals surface area contributed by atoms with Gasteiger partial charge < -0.3 is 0 Å². The molecule has 0 aliphatic carbocycles. The molecule has 50 valence electrons. The van der Waals surface area contributed by atoms with Crippen LogP contribution in [0, 0.1) is 5.82 Å². The van der Waals surface area contributed by atoms with Crippen molar-refractivity contribution in [3.8, 4) is 0 Å². The maximum atomic E-state index is 11.9. The third kappa shape index (κ3) is 3.71. The van der Waals surface area contributed by atoms with Gasteiger partial charge in [-0.05, 0) is 12.1 Å². The normalized spacial score (nSPS) is 7.44. The van der Waals surface area contributed by atoms with E-state index in [9.17, 15) is 4.39 Å². The lowest BCUT2D eigenvalue weighted by Crippen LogP contribution is -1.63. The minimum Gasteiger partial charge on any atom is -0.207 e. The monoisotopic (exact) mass is 126 g/mol. The second-order valence-electron chi connectivity index (χ2n) is 1.30. The van der Waals surface area contributed by atoms with Gasteiger partial charge in [0, 0.05) is 0 Å². The molecule has 9 heavy (non-hydrogen) atoms. The molecule has 0 fully saturated rings. The van der Waals surface area contributed by atoms with Gasteiger partial charge in [0.25, 0.3) is 0 Å². The first-order valence-corrected chi connectivity index (χ1v) is 3.10. The number of hydrogen-bond acceptors (Lipinski definition) is 0. The molecule has 1 aromatic rings. The van der Waals surface area contributed by atoms with Gasteiger partial charge in [-0.3, -0.25) is 0 Å². The van der Waals surface area contributed by atoms with Gasteiger partial charge in [-0.2, -0.15) is 0 Å². The van der Waals surface area contributed by atoms with Crippen molar-refractivity contribution in [3.63, 3.8) is 0 Å². The SMILES string of the molecule is CC.Fc1ccccc1. The highest BCUT2D eigenvalue weighted by molar-refractivity contribution is 5.02. The van der Waals surface area contributed by atoms with Crippen molar-refractivity contribution in [3.05, 3.63) is 36.1 Å². The lowest BCUT2D eigenvalue weighted by Gasteiger charge is -1.78. The fourth-order valence-electron chi connectivity index (χ4n) is 0.415. The first-order valence-electron chi connectivity index (χ1n) is 3.10. The van der Waals surface area contributed by atoms with Gasteiger partial charge >= 0.3 is 0 Å². The summed E-state index contributed by atoms with van der Waals surface area (Å²) in [5, 5.41) is 0. The van der Waals surface area contributed by atoms with Gasteiger partial charge in [-0.1, -0.05) is 32.0 Å².